The molecule has 0 bridgehead atoms. The second kappa shape index (κ2) is 19.7. The molecule has 0 saturated carbocycles. The number of hydroxylamine groups is 1. The lowest BCUT2D eigenvalue weighted by molar-refractivity contribution is -0.137. The standard InChI is InChI=1S/C37H47N9O8/c38-33(50)28(13-14-32(48)49)43-36(53)30(18-25-20-42-27-9-4-3-8-26(25)27)45-35(52)29(10-5-15-41-37(39)40)44-34(51)24(19-31(47)46-54)17-21-11-12-22-6-1-2-7-23(22)16-21/h1-4,6-9,11-12,16,20,24,28-30,32,42,48-49,54H,5,10,13-15,17-19H2,(H2,38,50)(H,43,53)(H,44,51)(H,45,52)(H,46,47)(H4,39,40,41)/t24-,28?,29?,30-/m0/s1. The van der Waals surface area contributed by atoms with Crippen molar-refractivity contribution >= 4 is 57.2 Å². The molecule has 5 amide bonds. The van der Waals surface area contributed by atoms with Gasteiger partial charge in [0.15, 0.2) is 12.2 Å². The van der Waals surface area contributed by atoms with Crippen LogP contribution >= 0.6 is 0 Å². The molecule has 0 aliphatic heterocycles. The number of guanidine groups is 1. The number of aromatic amines is 1. The summed E-state index contributed by atoms with van der Waals surface area (Å²) in [7, 11) is 0. The number of nitrogens with two attached hydrogens (primary N) is 3. The van der Waals surface area contributed by atoms with Gasteiger partial charge in [0.1, 0.15) is 18.1 Å². The number of aliphatic imine (C=N–C) groups is 1. The average molecular weight is 746 g/mol. The molecule has 4 aromatic rings. The van der Waals surface area contributed by atoms with Crippen molar-refractivity contribution in [2.75, 3.05) is 6.54 Å². The molecule has 0 aliphatic carbocycles. The second-order valence-corrected chi connectivity index (χ2v) is 13.0. The zero-order chi connectivity index (χ0) is 39.2. The Hall–Kier alpha value is -6.04. The first-order valence-electron chi connectivity index (χ1n) is 17.4. The molecule has 288 valence electrons. The molecule has 54 heavy (non-hydrogen) atoms. The first kappa shape index (κ1) is 40.7. The number of hydrogen-bond donors (Lipinski definition) is 11. The van der Waals surface area contributed by atoms with E-state index in [1.807, 2.05) is 66.7 Å². The Balaban J connectivity index is 1.61. The first-order valence-corrected chi connectivity index (χ1v) is 17.4. The number of rotatable bonds is 20. The lowest BCUT2D eigenvalue weighted by Crippen LogP contribution is -2.57. The van der Waals surface area contributed by atoms with Crippen LogP contribution in [0.15, 0.2) is 77.9 Å². The highest BCUT2D eigenvalue weighted by Gasteiger charge is 2.32. The van der Waals surface area contributed by atoms with Gasteiger partial charge >= 0.3 is 0 Å². The van der Waals surface area contributed by atoms with Crippen LogP contribution in [-0.4, -0.2) is 86.9 Å². The maximum Gasteiger partial charge on any atom is 0.244 e. The molecule has 0 saturated heterocycles. The molecule has 14 N–H and O–H groups in total. The minimum atomic E-state index is -1.75. The molecule has 1 aromatic heterocycles. The number of aliphatic hydroxyl groups is 2. The van der Waals surface area contributed by atoms with Crippen LogP contribution in [0.3, 0.4) is 0 Å². The molecule has 3 aromatic carbocycles. The number of carbonyl (C=O) groups excluding carboxylic acids is 5. The molecule has 0 aliphatic rings. The molecule has 4 atom stereocenters. The highest BCUT2D eigenvalue weighted by molar-refractivity contribution is 5.95. The molecule has 4 rings (SSSR count). The highest BCUT2D eigenvalue weighted by atomic mass is 16.5. The summed E-state index contributed by atoms with van der Waals surface area (Å²) in [6.45, 7) is 0.117. The number of nitrogens with zero attached hydrogens (tertiary/aromatic N) is 1. The number of nitrogens with one attached hydrogen (secondary N) is 5. The summed E-state index contributed by atoms with van der Waals surface area (Å²) in [5.74, 6) is -5.13. The van der Waals surface area contributed by atoms with E-state index in [0.717, 1.165) is 27.2 Å². The number of H-pyrrole nitrogens is 1. The van der Waals surface area contributed by atoms with Gasteiger partial charge in [0, 0.05) is 42.9 Å². The zero-order valence-electron chi connectivity index (χ0n) is 29.5. The predicted molar refractivity (Wildman–Crippen MR) is 200 cm³/mol. The Morgan fingerprint density at radius 2 is 1.41 bits per heavy atom. The quantitative estimate of drug-likeness (QED) is 0.0140. The second-order valence-electron chi connectivity index (χ2n) is 13.0. The molecule has 0 fully saturated rings. The zero-order valence-corrected chi connectivity index (χ0v) is 29.5. The number of fused-ring (bicyclic) bond motifs is 2. The van der Waals surface area contributed by atoms with E-state index in [1.54, 1.807) is 11.7 Å². The number of aliphatic hydroxyl groups excluding tert-OH is 1. The van der Waals surface area contributed by atoms with Crippen LogP contribution in [0.25, 0.3) is 21.7 Å². The number of carbonyl (C=O) groups is 5. The minimum Gasteiger partial charge on any atom is -0.370 e. The number of hydrogen-bond acceptors (Lipinski definition) is 9. The summed E-state index contributed by atoms with van der Waals surface area (Å²) in [6, 6.07) is 16.7. The third-order valence-corrected chi connectivity index (χ3v) is 8.91. The van der Waals surface area contributed by atoms with E-state index in [1.165, 1.54) is 0 Å². The number of amides is 5. The van der Waals surface area contributed by atoms with Crippen molar-refractivity contribution < 1.29 is 39.4 Å². The van der Waals surface area contributed by atoms with Crippen LogP contribution in [0.5, 0.6) is 0 Å². The van der Waals surface area contributed by atoms with Gasteiger partial charge in [0.2, 0.25) is 29.5 Å². The fourth-order valence-corrected chi connectivity index (χ4v) is 6.11. The van der Waals surface area contributed by atoms with E-state index in [9.17, 15) is 39.4 Å². The highest BCUT2D eigenvalue weighted by Crippen LogP contribution is 2.21. The van der Waals surface area contributed by atoms with Crippen molar-refractivity contribution in [1.29, 1.82) is 0 Å². The predicted octanol–water partition coefficient (Wildman–Crippen LogP) is -0.298. The van der Waals surface area contributed by atoms with Crippen LogP contribution in [0.4, 0.5) is 0 Å². The van der Waals surface area contributed by atoms with Gasteiger partial charge in [-0.05, 0) is 53.6 Å². The van der Waals surface area contributed by atoms with Gasteiger partial charge < -0.3 is 48.3 Å². The van der Waals surface area contributed by atoms with E-state index >= 15 is 0 Å². The minimum absolute atomic E-state index is 0.0168. The van der Waals surface area contributed by atoms with Crippen molar-refractivity contribution in [2.24, 2.45) is 28.1 Å². The molecular weight excluding hydrogens is 698 g/mol. The van der Waals surface area contributed by atoms with Crippen molar-refractivity contribution in [3.05, 3.63) is 84.1 Å². The van der Waals surface area contributed by atoms with Gasteiger partial charge in [-0.15, -0.1) is 0 Å². The molecule has 0 radical (unpaired) electrons. The van der Waals surface area contributed by atoms with Gasteiger partial charge in [-0.3, -0.25) is 34.2 Å². The van der Waals surface area contributed by atoms with Gasteiger partial charge in [-0.1, -0.05) is 60.7 Å². The van der Waals surface area contributed by atoms with Gasteiger partial charge in [-0.25, -0.2) is 5.48 Å². The smallest absolute Gasteiger partial charge is 0.244 e. The number of para-hydroxylation sites is 1. The van der Waals surface area contributed by atoms with Crippen LogP contribution in [-0.2, 0) is 36.8 Å². The van der Waals surface area contributed by atoms with E-state index in [2.05, 4.69) is 25.9 Å². The van der Waals surface area contributed by atoms with E-state index in [4.69, 9.17) is 17.2 Å². The SMILES string of the molecule is NC(=O)C(CCC(O)O)NC(=O)[C@H](Cc1c[nH]c2ccccc12)NC(=O)C(CCCN=C(N)N)NC(=O)[C@H](CC(=O)NO)Cc1ccc2ccccc2c1. The Morgan fingerprint density at radius 1 is 0.741 bits per heavy atom. The van der Waals surface area contributed by atoms with Crippen LogP contribution in [0.1, 0.15) is 43.2 Å². The molecule has 1 heterocycles. The monoisotopic (exact) mass is 745 g/mol. The summed E-state index contributed by atoms with van der Waals surface area (Å²) in [5.41, 5.74) is 20.2. The molecular formula is C37H47N9O8. The largest absolute Gasteiger partial charge is 0.370 e. The maximum atomic E-state index is 14.1. The summed E-state index contributed by atoms with van der Waals surface area (Å²) in [5, 5.41) is 38.6. The molecule has 17 nitrogen and oxygen atoms in total. The van der Waals surface area contributed by atoms with E-state index in [0.29, 0.717) is 5.56 Å². The van der Waals surface area contributed by atoms with Crippen molar-refractivity contribution in [1.82, 2.24) is 26.4 Å². The van der Waals surface area contributed by atoms with Crippen LogP contribution < -0.4 is 38.6 Å². The van der Waals surface area contributed by atoms with Gasteiger partial charge in [0.25, 0.3) is 0 Å². The number of aromatic nitrogens is 1. The summed E-state index contributed by atoms with van der Waals surface area (Å²) < 4.78 is 0. The van der Waals surface area contributed by atoms with E-state index < -0.39 is 66.3 Å². The van der Waals surface area contributed by atoms with Crippen LogP contribution in [0.2, 0.25) is 0 Å². The topological polar surface area (TPSA) is 300 Å². The summed E-state index contributed by atoms with van der Waals surface area (Å²) >= 11 is 0. The fourth-order valence-electron chi connectivity index (χ4n) is 6.11. The Kier molecular flexibility index (Phi) is 14.9. The average Bonchev–Trinajstić information content (AvgIpc) is 3.55. The van der Waals surface area contributed by atoms with Crippen molar-refractivity contribution in [3.8, 4) is 0 Å². The fraction of sp³-hybridized carbons (Fsp3) is 0.351. The number of benzene rings is 3. The van der Waals surface area contributed by atoms with Gasteiger partial charge in [-0.2, -0.15) is 0 Å². The van der Waals surface area contributed by atoms with Crippen LogP contribution in [0, 0.1) is 5.92 Å². The number of primary amides is 1. The summed E-state index contributed by atoms with van der Waals surface area (Å²) in [4.78, 5) is 73.3. The molecule has 17 heteroatoms. The molecule has 2 unspecified atom stereocenters. The maximum absolute atomic E-state index is 14.1. The third kappa shape index (κ3) is 12.0. The third-order valence-electron chi connectivity index (χ3n) is 8.91. The Bertz CT molecular complexity index is 1960. The Labute approximate surface area is 310 Å². The van der Waals surface area contributed by atoms with E-state index in [-0.39, 0.29) is 51.0 Å². The molecule has 0 spiro atoms. The van der Waals surface area contributed by atoms with Crippen molar-refractivity contribution in [2.45, 2.75) is 69.4 Å². The normalized spacial score (nSPS) is 13.4. The Morgan fingerprint density at radius 3 is 2.11 bits per heavy atom. The lowest BCUT2D eigenvalue weighted by atomic mass is 9.93. The summed E-state index contributed by atoms with van der Waals surface area (Å²) in [6.07, 6.45) is -0.619. The van der Waals surface area contributed by atoms with Crippen molar-refractivity contribution in [3.63, 3.8) is 0 Å². The first-order chi connectivity index (χ1) is 25.8. The van der Waals surface area contributed by atoms with Gasteiger partial charge in [0.05, 0.1) is 5.92 Å². The lowest BCUT2D eigenvalue weighted by Gasteiger charge is -2.26.